The van der Waals surface area contributed by atoms with Gasteiger partial charge in [0.2, 0.25) is 0 Å². The lowest BCUT2D eigenvalue weighted by molar-refractivity contribution is -0.142. The number of carbonyl (C=O) groups is 2. The van der Waals surface area contributed by atoms with Crippen molar-refractivity contribution in [2.45, 2.75) is 12.5 Å². The first kappa shape index (κ1) is 12.6. The summed E-state index contributed by atoms with van der Waals surface area (Å²) < 4.78 is 0. The first-order valence-electron chi connectivity index (χ1n) is 4.71. The van der Waals surface area contributed by atoms with Crippen LogP contribution in [-0.2, 0) is 4.79 Å². The molecule has 0 radical (unpaired) electrons. The van der Waals surface area contributed by atoms with Crippen molar-refractivity contribution < 1.29 is 14.7 Å². The largest absolute Gasteiger partial charge is 0.479 e. The average Bonchev–Trinajstić information content (AvgIpc) is 2.29. The van der Waals surface area contributed by atoms with Crippen molar-refractivity contribution in [3.8, 4) is 0 Å². The van der Waals surface area contributed by atoms with Gasteiger partial charge in [-0.15, -0.1) is 0 Å². The fourth-order valence-electron chi connectivity index (χ4n) is 1.07. The SMILES string of the molecule is C[C@@](CS)(NC(=O)c1ccccc1)C(=O)O. The zero-order valence-electron chi connectivity index (χ0n) is 8.80. The van der Waals surface area contributed by atoms with Gasteiger partial charge in [0, 0.05) is 11.3 Å². The van der Waals surface area contributed by atoms with E-state index in [2.05, 4.69) is 17.9 Å². The first-order valence-corrected chi connectivity index (χ1v) is 5.34. The van der Waals surface area contributed by atoms with Crippen molar-refractivity contribution in [2.75, 3.05) is 5.75 Å². The predicted octanol–water partition coefficient (Wildman–Crippen LogP) is 1.19. The van der Waals surface area contributed by atoms with Crippen LogP contribution in [0.25, 0.3) is 0 Å². The number of rotatable bonds is 4. The number of hydrogen-bond donors (Lipinski definition) is 3. The molecule has 2 N–H and O–H groups in total. The molecule has 16 heavy (non-hydrogen) atoms. The number of aliphatic carboxylic acids is 1. The van der Waals surface area contributed by atoms with E-state index < -0.39 is 17.4 Å². The van der Waals surface area contributed by atoms with E-state index in [1.165, 1.54) is 6.92 Å². The zero-order valence-corrected chi connectivity index (χ0v) is 9.70. The molecule has 1 atom stereocenters. The monoisotopic (exact) mass is 239 g/mol. The minimum Gasteiger partial charge on any atom is -0.479 e. The molecule has 0 aliphatic carbocycles. The number of benzene rings is 1. The van der Waals surface area contributed by atoms with Crippen molar-refractivity contribution in [3.63, 3.8) is 0 Å². The lowest BCUT2D eigenvalue weighted by Crippen LogP contribution is -2.53. The van der Waals surface area contributed by atoms with Gasteiger partial charge in [0.1, 0.15) is 5.54 Å². The van der Waals surface area contributed by atoms with Crippen molar-refractivity contribution in [2.24, 2.45) is 0 Å². The Labute approximate surface area is 99.1 Å². The van der Waals surface area contributed by atoms with Gasteiger partial charge >= 0.3 is 5.97 Å². The third-order valence-corrected chi connectivity index (χ3v) is 2.85. The Morgan fingerprint density at radius 3 is 2.38 bits per heavy atom. The van der Waals surface area contributed by atoms with Crippen LogP contribution in [0.15, 0.2) is 30.3 Å². The van der Waals surface area contributed by atoms with Crippen LogP contribution in [0.3, 0.4) is 0 Å². The van der Waals surface area contributed by atoms with Gasteiger partial charge < -0.3 is 10.4 Å². The molecule has 1 rings (SSSR count). The third kappa shape index (κ3) is 2.76. The quantitative estimate of drug-likeness (QED) is 0.691. The second-order valence-electron chi connectivity index (χ2n) is 3.62. The number of thiol groups is 1. The lowest BCUT2D eigenvalue weighted by Gasteiger charge is -2.23. The van der Waals surface area contributed by atoms with Crippen LogP contribution in [-0.4, -0.2) is 28.3 Å². The molecule has 0 heterocycles. The van der Waals surface area contributed by atoms with Crippen LogP contribution >= 0.6 is 12.6 Å². The maximum absolute atomic E-state index is 11.7. The fourth-order valence-corrected chi connectivity index (χ4v) is 1.29. The molecule has 5 heteroatoms. The van der Waals surface area contributed by atoms with E-state index >= 15 is 0 Å². The van der Waals surface area contributed by atoms with E-state index in [1.54, 1.807) is 30.3 Å². The molecule has 1 aromatic rings. The molecule has 0 bridgehead atoms. The summed E-state index contributed by atoms with van der Waals surface area (Å²) in [5.41, 5.74) is -0.924. The molecule has 86 valence electrons. The highest BCUT2D eigenvalue weighted by Gasteiger charge is 2.33. The first-order chi connectivity index (χ1) is 7.49. The van der Waals surface area contributed by atoms with Crippen molar-refractivity contribution in [3.05, 3.63) is 35.9 Å². The second kappa shape index (κ2) is 5.03. The predicted molar refractivity (Wildman–Crippen MR) is 63.8 cm³/mol. The fraction of sp³-hybridized carbons (Fsp3) is 0.273. The van der Waals surface area contributed by atoms with Crippen LogP contribution in [0, 0.1) is 0 Å². The van der Waals surface area contributed by atoms with E-state index in [0.717, 1.165) is 0 Å². The van der Waals surface area contributed by atoms with Gasteiger partial charge in [0.25, 0.3) is 5.91 Å². The summed E-state index contributed by atoms with van der Waals surface area (Å²) in [5, 5.41) is 11.4. The number of carbonyl (C=O) groups excluding carboxylic acids is 1. The van der Waals surface area contributed by atoms with Crippen molar-refractivity contribution in [1.29, 1.82) is 0 Å². The maximum Gasteiger partial charge on any atom is 0.329 e. The minimum absolute atomic E-state index is 0.0287. The number of nitrogens with one attached hydrogen (secondary N) is 1. The average molecular weight is 239 g/mol. The van der Waals surface area contributed by atoms with Gasteiger partial charge in [-0.3, -0.25) is 4.79 Å². The Kier molecular flexibility index (Phi) is 3.95. The summed E-state index contributed by atoms with van der Waals surface area (Å²) in [7, 11) is 0. The molecule has 0 saturated carbocycles. The molecule has 1 amide bonds. The molecule has 0 spiro atoms. The summed E-state index contributed by atoms with van der Waals surface area (Å²) >= 11 is 3.93. The number of amides is 1. The van der Waals surface area contributed by atoms with Crippen LogP contribution in [0.4, 0.5) is 0 Å². The molecule has 1 aromatic carbocycles. The molecule has 0 aliphatic heterocycles. The molecular weight excluding hydrogens is 226 g/mol. The highest BCUT2D eigenvalue weighted by atomic mass is 32.1. The Morgan fingerprint density at radius 1 is 1.38 bits per heavy atom. The van der Waals surface area contributed by atoms with E-state index in [-0.39, 0.29) is 5.75 Å². The van der Waals surface area contributed by atoms with Gasteiger partial charge in [-0.25, -0.2) is 4.79 Å². The Morgan fingerprint density at radius 2 is 1.94 bits per heavy atom. The van der Waals surface area contributed by atoms with Crippen LogP contribution in [0.2, 0.25) is 0 Å². The van der Waals surface area contributed by atoms with Crippen LogP contribution in [0.1, 0.15) is 17.3 Å². The van der Waals surface area contributed by atoms with Gasteiger partial charge in [-0.1, -0.05) is 18.2 Å². The highest BCUT2D eigenvalue weighted by molar-refractivity contribution is 7.80. The highest BCUT2D eigenvalue weighted by Crippen LogP contribution is 2.08. The lowest BCUT2D eigenvalue weighted by atomic mass is 10.0. The minimum atomic E-state index is -1.35. The Balaban J connectivity index is 2.82. The van der Waals surface area contributed by atoms with Gasteiger partial charge in [0.15, 0.2) is 0 Å². The standard InChI is InChI=1S/C11H13NO3S/c1-11(7-16,10(14)15)12-9(13)8-5-3-2-4-6-8/h2-6,16H,7H2,1H3,(H,12,13)(H,14,15)/t11-/m0/s1. The number of carboxylic acid groups (broad SMARTS) is 1. The zero-order chi connectivity index (χ0) is 12.2. The molecule has 4 nitrogen and oxygen atoms in total. The van der Waals surface area contributed by atoms with Crippen LogP contribution < -0.4 is 5.32 Å². The molecule has 0 aromatic heterocycles. The normalized spacial score (nSPS) is 13.9. The molecule has 0 saturated heterocycles. The summed E-state index contributed by atoms with van der Waals surface area (Å²) in [6, 6.07) is 8.46. The summed E-state index contributed by atoms with van der Waals surface area (Å²) in [4.78, 5) is 22.7. The van der Waals surface area contributed by atoms with Crippen molar-refractivity contribution >= 4 is 24.5 Å². The number of carboxylic acids is 1. The molecular formula is C11H13NO3S. The van der Waals surface area contributed by atoms with Gasteiger partial charge in [-0.2, -0.15) is 12.6 Å². The van der Waals surface area contributed by atoms with Gasteiger partial charge in [0.05, 0.1) is 0 Å². The van der Waals surface area contributed by atoms with E-state index in [1.807, 2.05) is 0 Å². The topological polar surface area (TPSA) is 66.4 Å². The van der Waals surface area contributed by atoms with Crippen LogP contribution in [0.5, 0.6) is 0 Å². The smallest absolute Gasteiger partial charge is 0.329 e. The molecule has 0 unspecified atom stereocenters. The summed E-state index contributed by atoms with van der Waals surface area (Å²) in [6.07, 6.45) is 0. The van der Waals surface area contributed by atoms with E-state index in [4.69, 9.17) is 5.11 Å². The summed E-state index contributed by atoms with van der Waals surface area (Å²) in [5.74, 6) is -1.49. The second-order valence-corrected chi connectivity index (χ2v) is 3.93. The van der Waals surface area contributed by atoms with E-state index in [0.29, 0.717) is 5.56 Å². The van der Waals surface area contributed by atoms with Crippen molar-refractivity contribution in [1.82, 2.24) is 5.32 Å². The Bertz CT molecular complexity index is 393. The van der Waals surface area contributed by atoms with E-state index in [9.17, 15) is 9.59 Å². The van der Waals surface area contributed by atoms with Gasteiger partial charge in [-0.05, 0) is 19.1 Å². The number of hydrogen-bond acceptors (Lipinski definition) is 3. The third-order valence-electron chi connectivity index (χ3n) is 2.21. The molecule has 0 aliphatic rings. The Hall–Kier alpha value is -1.49. The summed E-state index contributed by atoms with van der Waals surface area (Å²) in [6.45, 7) is 1.42. The molecule has 0 fully saturated rings. The maximum atomic E-state index is 11.7.